The maximum Gasteiger partial charge on any atom is 0.254 e. The van der Waals surface area contributed by atoms with Gasteiger partial charge in [0, 0.05) is 54.4 Å². The smallest absolute Gasteiger partial charge is 0.254 e. The summed E-state index contributed by atoms with van der Waals surface area (Å²) in [6.45, 7) is 4.35. The molecule has 2 aromatic rings. The van der Waals surface area contributed by atoms with E-state index in [1.54, 1.807) is 32.4 Å². The van der Waals surface area contributed by atoms with Gasteiger partial charge in [-0.3, -0.25) is 9.69 Å². The summed E-state index contributed by atoms with van der Waals surface area (Å²) < 4.78 is 21.6. The Morgan fingerprint density at radius 1 is 1.07 bits per heavy atom. The highest BCUT2D eigenvalue weighted by atomic mass is 35.5. The van der Waals surface area contributed by atoms with Crippen LogP contribution in [0.4, 0.5) is 0 Å². The molecule has 7 nitrogen and oxygen atoms in total. The van der Waals surface area contributed by atoms with Gasteiger partial charge in [0.25, 0.3) is 5.91 Å². The number of fused-ring (bicyclic) bond motifs is 1. The molecule has 0 radical (unpaired) electrons. The number of piperazine rings is 1. The van der Waals surface area contributed by atoms with Crippen molar-refractivity contribution in [1.82, 2.24) is 9.80 Å². The number of ether oxygens (including phenoxy) is 4. The number of hydrogen-bond donors (Lipinski definition) is 0. The summed E-state index contributed by atoms with van der Waals surface area (Å²) in [5, 5.41) is 0.681. The van der Waals surface area contributed by atoms with Crippen LogP contribution in [0.25, 0.3) is 0 Å². The molecule has 2 aliphatic heterocycles. The first-order valence-corrected chi connectivity index (χ1v) is 10.2. The lowest BCUT2D eigenvalue weighted by Gasteiger charge is -2.35. The van der Waals surface area contributed by atoms with E-state index in [2.05, 4.69) is 4.90 Å². The Labute approximate surface area is 181 Å². The van der Waals surface area contributed by atoms with Crippen LogP contribution in [0.15, 0.2) is 30.3 Å². The summed E-state index contributed by atoms with van der Waals surface area (Å²) in [5.74, 6) is 2.03. The van der Waals surface area contributed by atoms with Gasteiger partial charge in [-0.1, -0.05) is 11.6 Å². The number of carbonyl (C=O) groups excluding carboxylic acids is 1. The molecule has 0 aliphatic carbocycles. The van der Waals surface area contributed by atoms with Crippen LogP contribution in [0.2, 0.25) is 5.02 Å². The fourth-order valence-electron chi connectivity index (χ4n) is 3.88. The highest BCUT2D eigenvalue weighted by Gasteiger charge is 2.25. The highest BCUT2D eigenvalue weighted by Crippen LogP contribution is 2.33. The van der Waals surface area contributed by atoms with Gasteiger partial charge < -0.3 is 23.8 Å². The first kappa shape index (κ1) is 20.8. The van der Waals surface area contributed by atoms with E-state index in [0.717, 1.165) is 36.5 Å². The summed E-state index contributed by atoms with van der Waals surface area (Å²) in [6.07, 6.45) is 0. The molecule has 2 heterocycles. The van der Waals surface area contributed by atoms with Crippen LogP contribution >= 0.6 is 11.6 Å². The topological polar surface area (TPSA) is 60.5 Å². The van der Waals surface area contributed by atoms with E-state index < -0.39 is 0 Å². The van der Waals surface area contributed by atoms with Crippen LogP contribution in [0.1, 0.15) is 21.5 Å². The summed E-state index contributed by atoms with van der Waals surface area (Å²) in [5.41, 5.74) is 2.63. The maximum atomic E-state index is 12.9. The number of hydrogen-bond acceptors (Lipinski definition) is 6. The third-order valence-corrected chi connectivity index (χ3v) is 5.65. The van der Waals surface area contributed by atoms with Gasteiger partial charge in [-0.05, 0) is 30.3 Å². The summed E-state index contributed by atoms with van der Waals surface area (Å²) in [4.78, 5) is 17.1. The molecule has 0 aromatic heterocycles. The van der Waals surface area contributed by atoms with Crippen molar-refractivity contribution < 1.29 is 23.7 Å². The number of methoxy groups -OCH3 is 2. The Balaban J connectivity index is 1.40. The molecule has 0 unspecified atom stereocenters. The molecule has 1 fully saturated rings. The monoisotopic (exact) mass is 432 g/mol. The van der Waals surface area contributed by atoms with Gasteiger partial charge in [-0.2, -0.15) is 0 Å². The third-order valence-electron chi connectivity index (χ3n) is 5.44. The molecule has 160 valence electrons. The second kappa shape index (κ2) is 9.12. The van der Waals surface area contributed by atoms with Gasteiger partial charge in [0.05, 0.1) is 20.8 Å². The van der Waals surface area contributed by atoms with Gasteiger partial charge >= 0.3 is 0 Å². The standard InChI is InChI=1S/C22H25ClN2O5/c1-27-19-4-3-15(11-20(19)28-2)22(26)25-7-5-24(6-8-25)12-16-9-18(23)10-17-13-29-14-30-21(16)17/h3-4,9-11H,5-8,12-14H2,1-2H3. The molecular formula is C22H25ClN2O5. The number of benzene rings is 2. The number of carbonyl (C=O) groups is 1. The molecule has 0 bridgehead atoms. The first-order chi connectivity index (χ1) is 14.6. The maximum absolute atomic E-state index is 12.9. The van der Waals surface area contributed by atoms with Crippen molar-refractivity contribution in [3.63, 3.8) is 0 Å². The largest absolute Gasteiger partial charge is 0.493 e. The minimum Gasteiger partial charge on any atom is -0.493 e. The van der Waals surface area contributed by atoms with Gasteiger partial charge in [0.2, 0.25) is 0 Å². The van der Waals surface area contributed by atoms with E-state index in [4.69, 9.17) is 30.5 Å². The fourth-order valence-corrected chi connectivity index (χ4v) is 4.14. The molecule has 2 aromatic carbocycles. The lowest BCUT2D eigenvalue weighted by atomic mass is 10.1. The quantitative estimate of drug-likeness (QED) is 0.723. The van der Waals surface area contributed by atoms with Crippen LogP contribution in [-0.2, 0) is 17.9 Å². The van der Waals surface area contributed by atoms with E-state index in [1.807, 2.05) is 17.0 Å². The normalized spacial score (nSPS) is 16.6. The average molecular weight is 433 g/mol. The third kappa shape index (κ3) is 4.33. The Hall–Kier alpha value is -2.48. The number of nitrogens with zero attached hydrogens (tertiary/aromatic N) is 2. The predicted molar refractivity (Wildman–Crippen MR) is 112 cm³/mol. The second-order valence-electron chi connectivity index (χ2n) is 7.30. The van der Waals surface area contributed by atoms with Crippen molar-refractivity contribution in [1.29, 1.82) is 0 Å². The highest BCUT2D eigenvalue weighted by molar-refractivity contribution is 6.30. The summed E-state index contributed by atoms with van der Waals surface area (Å²) in [7, 11) is 3.14. The molecule has 0 atom stereocenters. The van der Waals surface area contributed by atoms with Gasteiger partial charge in [0.1, 0.15) is 5.75 Å². The van der Waals surface area contributed by atoms with Crippen LogP contribution < -0.4 is 14.2 Å². The van der Waals surface area contributed by atoms with E-state index in [0.29, 0.717) is 41.8 Å². The van der Waals surface area contributed by atoms with Crippen molar-refractivity contribution >= 4 is 17.5 Å². The van der Waals surface area contributed by atoms with Crippen molar-refractivity contribution in [2.45, 2.75) is 13.2 Å². The molecule has 30 heavy (non-hydrogen) atoms. The molecule has 0 N–H and O–H groups in total. The molecule has 0 spiro atoms. The van der Waals surface area contributed by atoms with Crippen LogP contribution in [0.3, 0.4) is 0 Å². The van der Waals surface area contributed by atoms with Crippen LogP contribution in [0, 0.1) is 0 Å². The Morgan fingerprint density at radius 3 is 2.57 bits per heavy atom. The molecule has 1 saturated heterocycles. The van der Waals surface area contributed by atoms with Crippen molar-refractivity contribution in [2.24, 2.45) is 0 Å². The zero-order chi connectivity index (χ0) is 21.1. The summed E-state index contributed by atoms with van der Waals surface area (Å²) >= 11 is 6.28. The minimum absolute atomic E-state index is 0.00350. The zero-order valence-corrected chi connectivity index (χ0v) is 17.9. The Bertz CT molecular complexity index is 928. The van der Waals surface area contributed by atoms with E-state index in [9.17, 15) is 4.79 Å². The SMILES string of the molecule is COc1ccc(C(=O)N2CCN(Cc3cc(Cl)cc4c3OCOC4)CC2)cc1OC. The van der Waals surface area contributed by atoms with E-state index >= 15 is 0 Å². The first-order valence-electron chi connectivity index (χ1n) is 9.84. The van der Waals surface area contributed by atoms with E-state index in [1.165, 1.54) is 0 Å². The van der Waals surface area contributed by atoms with Crippen molar-refractivity contribution in [3.8, 4) is 17.2 Å². The van der Waals surface area contributed by atoms with E-state index in [-0.39, 0.29) is 12.7 Å². The van der Waals surface area contributed by atoms with Crippen LogP contribution in [-0.4, -0.2) is 62.9 Å². The summed E-state index contributed by atoms with van der Waals surface area (Å²) in [6, 6.07) is 9.10. The fraction of sp³-hybridized carbons (Fsp3) is 0.409. The van der Waals surface area contributed by atoms with Gasteiger partial charge in [-0.15, -0.1) is 0 Å². The average Bonchev–Trinajstić information content (AvgIpc) is 2.78. The Kier molecular flexibility index (Phi) is 6.32. The molecule has 2 aliphatic rings. The lowest BCUT2D eigenvalue weighted by molar-refractivity contribution is -0.0176. The zero-order valence-electron chi connectivity index (χ0n) is 17.2. The number of amides is 1. The minimum atomic E-state index is -0.00350. The van der Waals surface area contributed by atoms with Crippen molar-refractivity contribution in [3.05, 3.63) is 52.0 Å². The molecule has 4 rings (SSSR count). The molecule has 0 saturated carbocycles. The lowest BCUT2D eigenvalue weighted by Crippen LogP contribution is -2.48. The molecular weight excluding hydrogens is 408 g/mol. The number of rotatable bonds is 5. The molecule has 1 amide bonds. The van der Waals surface area contributed by atoms with Crippen molar-refractivity contribution in [2.75, 3.05) is 47.2 Å². The Morgan fingerprint density at radius 2 is 1.83 bits per heavy atom. The molecule has 8 heteroatoms. The van der Waals surface area contributed by atoms with Crippen LogP contribution in [0.5, 0.6) is 17.2 Å². The van der Waals surface area contributed by atoms with Gasteiger partial charge in [0.15, 0.2) is 18.3 Å². The number of halogens is 1. The van der Waals surface area contributed by atoms with Gasteiger partial charge in [-0.25, -0.2) is 0 Å². The second-order valence-corrected chi connectivity index (χ2v) is 7.74. The predicted octanol–water partition coefficient (Wildman–Crippen LogP) is 3.18.